The first-order valence-electron chi connectivity index (χ1n) is 6.97. The number of methoxy groups -OCH3 is 1. The molecular weight excluding hydrogens is 284 g/mol. The van der Waals surface area contributed by atoms with Crippen molar-refractivity contribution >= 4 is 22.8 Å². The molecule has 1 aromatic carbocycles. The molecule has 1 aliphatic rings. The van der Waals surface area contributed by atoms with Crippen molar-refractivity contribution in [2.45, 2.75) is 23.5 Å². The molecule has 0 aliphatic heterocycles. The zero-order valence-corrected chi connectivity index (χ0v) is 13.0. The van der Waals surface area contributed by atoms with E-state index in [9.17, 15) is 5.26 Å². The van der Waals surface area contributed by atoms with Crippen molar-refractivity contribution in [1.82, 2.24) is 15.3 Å². The molecular formula is C15H18N4OS. The van der Waals surface area contributed by atoms with E-state index < -0.39 is 5.54 Å². The monoisotopic (exact) mass is 302 g/mol. The Hall–Kier alpha value is -1.71. The molecule has 0 spiro atoms. The number of nitrogens with zero attached hydrogens (tertiary/aromatic N) is 2. The Kier molecular flexibility index (Phi) is 3.79. The Labute approximate surface area is 128 Å². The molecule has 0 amide bonds. The molecule has 3 rings (SSSR count). The number of ether oxygens (including phenoxy) is 1. The van der Waals surface area contributed by atoms with Crippen LogP contribution >= 0.6 is 11.8 Å². The van der Waals surface area contributed by atoms with Crippen molar-refractivity contribution in [3.05, 3.63) is 18.2 Å². The maximum Gasteiger partial charge on any atom is 0.166 e. The summed E-state index contributed by atoms with van der Waals surface area (Å²) in [5.41, 5.74) is 1.42. The van der Waals surface area contributed by atoms with Gasteiger partial charge in [0.1, 0.15) is 11.3 Å². The van der Waals surface area contributed by atoms with E-state index >= 15 is 0 Å². The number of nitrogens with one attached hydrogen (secondary N) is 2. The van der Waals surface area contributed by atoms with Crippen molar-refractivity contribution in [2.75, 3.05) is 19.9 Å². The second kappa shape index (κ2) is 5.58. The summed E-state index contributed by atoms with van der Waals surface area (Å²) in [6.07, 6.45) is 2.26. The summed E-state index contributed by atoms with van der Waals surface area (Å²) in [5, 5.41) is 13.5. The summed E-state index contributed by atoms with van der Waals surface area (Å²) in [4.78, 5) is 7.84. The quantitative estimate of drug-likeness (QED) is 0.802. The lowest BCUT2D eigenvalue weighted by Crippen LogP contribution is -2.46. The third-order valence-electron chi connectivity index (χ3n) is 4.02. The summed E-state index contributed by atoms with van der Waals surface area (Å²) in [7, 11) is 3.52. The molecule has 1 aliphatic carbocycles. The van der Waals surface area contributed by atoms with Crippen molar-refractivity contribution in [2.24, 2.45) is 5.92 Å². The van der Waals surface area contributed by atoms with Crippen molar-refractivity contribution in [3.8, 4) is 11.8 Å². The van der Waals surface area contributed by atoms with Gasteiger partial charge in [0.25, 0.3) is 0 Å². The number of H-pyrrole nitrogens is 1. The van der Waals surface area contributed by atoms with Gasteiger partial charge in [0.2, 0.25) is 0 Å². The summed E-state index contributed by atoms with van der Waals surface area (Å²) in [6, 6.07) is 8.22. The van der Waals surface area contributed by atoms with Crippen LogP contribution in [0.2, 0.25) is 0 Å². The number of rotatable bonds is 6. The summed E-state index contributed by atoms with van der Waals surface area (Å²) in [5.74, 6) is 1.97. The number of hydrogen-bond acceptors (Lipinski definition) is 5. The van der Waals surface area contributed by atoms with Gasteiger partial charge in [-0.05, 0) is 37.9 Å². The van der Waals surface area contributed by atoms with Gasteiger partial charge >= 0.3 is 0 Å². The Bertz CT molecular complexity index is 689. The van der Waals surface area contributed by atoms with E-state index in [4.69, 9.17) is 4.74 Å². The number of nitriles is 1. The highest BCUT2D eigenvalue weighted by Crippen LogP contribution is 2.41. The molecule has 1 fully saturated rings. The van der Waals surface area contributed by atoms with Crippen molar-refractivity contribution in [3.63, 3.8) is 0 Å². The average molecular weight is 302 g/mol. The zero-order valence-electron chi connectivity index (χ0n) is 12.1. The maximum atomic E-state index is 9.50. The van der Waals surface area contributed by atoms with Gasteiger partial charge in [-0.1, -0.05) is 11.8 Å². The second-order valence-electron chi connectivity index (χ2n) is 5.32. The molecule has 1 heterocycles. The van der Waals surface area contributed by atoms with Gasteiger partial charge in [-0.2, -0.15) is 5.26 Å². The molecule has 5 nitrogen and oxygen atoms in total. The number of thioether (sulfide) groups is 1. The zero-order chi connectivity index (χ0) is 14.9. The fraction of sp³-hybridized carbons (Fsp3) is 0.467. The molecule has 0 saturated heterocycles. The maximum absolute atomic E-state index is 9.50. The molecule has 1 unspecified atom stereocenters. The molecule has 110 valence electrons. The molecule has 2 aromatic rings. The van der Waals surface area contributed by atoms with Gasteiger partial charge in [-0.25, -0.2) is 4.98 Å². The lowest BCUT2D eigenvalue weighted by Gasteiger charge is -2.24. The Morgan fingerprint density at radius 3 is 3.00 bits per heavy atom. The van der Waals surface area contributed by atoms with E-state index in [1.165, 1.54) is 0 Å². The first kappa shape index (κ1) is 14.2. The Morgan fingerprint density at radius 1 is 1.57 bits per heavy atom. The standard InChI is InChI=1S/C15H18N4OS/c1-17-15(8-16,10-3-4-10)9-21-14-18-12-6-5-11(20-2)7-13(12)19-14/h5-7,10,17H,3-4,9H2,1-2H3,(H,18,19). The van der Waals surface area contributed by atoms with Gasteiger partial charge in [0, 0.05) is 11.8 Å². The number of hydrogen-bond donors (Lipinski definition) is 2. The van der Waals surface area contributed by atoms with Crippen LogP contribution in [-0.2, 0) is 0 Å². The molecule has 21 heavy (non-hydrogen) atoms. The van der Waals surface area contributed by atoms with Gasteiger partial charge < -0.3 is 15.0 Å². The minimum atomic E-state index is -0.443. The van der Waals surface area contributed by atoms with Crippen LogP contribution in [0.5, 0.6) is 5.75 Å². The normalized spacial score (nSPS) is 17.4. The fourth-order valence-electron chi connectivity index (χ4n) is 2.49. The van der Waals surface area contributed by atoms with Crippen LogP contribution in [0.1, 0.15) is 12.8 Å². The van der Waals surface area contributed by atoms with E-state index in [0.717, 1.165) is 34.8 Å². The second-order valence-corrected chi connectivity index (χ2v) is 6.29. The summed E-state index contributed by atoms with van der Waals surface area (Å²) >= 11 is 1.59. The average Bonchev–Trinajstić information content (AvgIpc) is 3.28. The number of benzene rings is 1. The smallest absolute Gasteiger partial charge is 0.166 e. The fourth-order valence-corrected chi connectivity index (χ4v) is 3.65. The first-order valence-corrected chi connectivity index (χ1v) is 7.96. The summed E-state index contributed by atoms with van der Waals surface area (Å²) < 4.78 is 5.21. The largest absolute Gasteiger partial charge is 0.497 e. The molecule has 1 saturated carbocycles. The highest BCUT2D eigenvalue weighted by Gasteiger charge is 2.44. The van der Waals surface area contributed by atoms with Crippen LogP contribution in [-0.4, -0.2) is 35.4 Å². The molecule has 6 heteroatoms. The lowest BCUT2D eigenvalue weighted by atomic mass is 9.98. The lowest BCUT2D eigenvalue weighted by molar-refractivity contribution is 0.415. The first-order chi connectivity index (χ1) is 10.2. The van der Waals surface area contributed by atoms with Crippen LogP contribution in [0.3, 0.4) is 0 Å². The summed E-state index contributed by atoms with van der Waals surface area (Å²) in [6.45, 7) is 0. The van der Waals surface area contributed by atoms with Gasteiger partial charge in [-0.3, -0.25) is 0 Å². The molecule has 0 radical (unpaired) electrons. The number of aromatic nitrogens is 2. The van der Waals surface area contributed by atoms with Crippen LogP contribution in [0.4, 0.5) is 0 Å². The highest BCUT2D eigenvalue weighted by molar-refractivity contribution is 7.99. The predicted octanol–water partition coefficient (Wildman–Crippen LogP) is 2.56. The Morgan fingerprint density at radius 2 is 2.38 bits per heavy atom. The molecule has 1 atom stereocenters. The third-order valence-corrected chi connectivity index (χ3v) is 5.09. The Balaban J connectivity index is 1.77. The molecule has 0 bridgehead atoms. The van der Waals surface area contributed by atoms with E-state index in [0.29, 0.717) is 11.7 Å². The van der Waals surface area contributed by atoms with Crippen molar-refractivity contribution < 1.29 is 4.74 Å². The van der Waals surface area contributed by atoms with Crippen LogP contribution < -0.4 is 10.1 Å². The minimum Gasteiger partial charge on any atom is -0.497 e. The van der Waals surface area contributed by atoms with Crippen LogP contribution in [0.25, 0.3) is 11.0 Å². The SMILES string of the molecule is CNC(C#N)(CSc1nc2ccc(OC)cc2[nH]1)C1CC1. The van der Waals surface area contributed by atoms with Gasteiger partial charge in [0.05, 0.1) is 24.2 Å². The van der Waals surface area contributed by atoms with Gasteiger partial charge in [-0.15, -0.1) is 0 Å². The molecule has 1 aromatic heterocycles. The molecule has 2 N–H and O–H groups in total. The predicted molar refractivity (Wildman–Crippen MR) is 83.5 cm³/mol. The van der Waals surface area contributed by atoms with E-state index in [-0.39, 0.29) is 0 Å². The topological polar surface area (TPSA) is 73.7 Å². The van der Waals surface area contributed by atoms with E-state index in [2.05, 4.69) is 21.4 Å². The van der Waals surface area contributed by atoms with Gasteiger partial charge in [0.15, 0.2) is 5.16 Å². The van der Waals surface area contributed by atoms with Crippen LogP contribution in [0, 0.1) is 17.2 Å². The third kappa shape index (κ3) is 2.71. The minimum absolute atomic E-state index is 0.443. The van der Waals surface area contributed by atoms with Crippen LogP contribution in [0.15, 0.2) is 23.4 Å². The highest BCUT2D eigenvalue weighted by atomic mass is 32.2. The number of aromatic amines is 1. The van der Waals surface area contributed by atoms with E-state index in [1.807, 2.05) is 25.2 Å². The van der Waals surface area contributed by atoms with E-state index in [1.54, 1.807) is 18.9 Å². The number of fused-ring (bicyclic) bond motifs is 1. The van der Waals surface area contributed by atoms with Crippen molar-refractivity contribution in [1.29, 1.82) is 5.26 Å². The number of imidazole rings is 1.